The lowest BCUT2D eigenvalue weighted by Crippen LogP contribution is -2.43. The summed E-state index contributed by atoms with van der Waals surface area (Å²) in [5.41, 5.74) is -0.400. The average Bonchev–Trinajstić information content (AvgIpc) is 2.79. The molecule has 2 unspecified atom stereocenters. The van der Waals surface area contributed by atoms with Gasteiger partial charge in [0.05, 0.1) is 81.7 Å². The monoisotopic (exact) mass is 552 g/mol. The van der Waals surface area contributed by atoms with Crippen LogP contribution in [0, 0.1) is 5.41 Å². The molecule has 0 spiro atoms. The number of methoxy groups -OCH3 is 1. The van der Waals surface area contributed by atoms with E-state index < -0.39 is 5.41 Å². The van der Waals surface area contributed by atoms with Crippen LogP contribution >= 0.6 is 0 Å². The quantitative estimate of drug-likeness (QED) is 0.136. The summed E-state index contributed by atoms with van der Waals surface area (Å²) in [5.74, 6) is 0. The van der Waals surface area contributed by atoms with E-state index in [0.29, 0.717) is 59.0 Å². The Morgan fingerprint density at radius 2 is 0.974 bits per heavy atom. The highest BCUT2D eigenvalue weighted by Crippen LogP contribution is 2.21. The van der Waals surface area contributed by atoms with Gasteiger partial charge in [0.25, 0.3) is 0 Å². The van der Waals surface area contributed by atoms with Crippen LogP contribution in [0.4, 0.5) is 0 Å². The lowest BCUT2D eigenvalue weighted by molar-refractivity contribution is -0.126. The van der Waals surface area contributed by atoms with Crippen molar-refractivity contribution in [3.63, 3.8) is 0 Å². The van der Waals surface area contributed by atoms with E-state index in [2.05, 4.69) is 20.8 Å². The van der Waals surface area contributed by atoms with Gasteiger partial charge in [0.2, 0.25) is 0 Å². The molecule has 0 saturated carbocycles. The predicted molar refractivity (Wildman–Crippen MR) is 155 cm³/mol. The first-order valence-electron chi connectivity index (χ1n) is 14.6. The van der Waals surface area contributed by atoms with Crippen molar-refractivity contribution in [3.8, 4) is 0 Å². The summed E-state index contributed by atoms with van der Waals surface area (Å²) in [4.78, 5) is 0. The Labute approximate surface area is 235 Å². The third-order valence-corrected chi connectivity index (χ3v) is 4.93. The largest absolute Gasteiger partial charge is 0.384 e. The lowest BCUT2D eigenvalue weighted by atomic mass is 9.92. The molecule has 0 aliphatic heterocycles. The summed E-state index contributed by atoms with van der Waals surface area (Å²) in [6.07, 6.45) is 3.00. The second-order valence-electron chi connectivity index (χ2n) is 11.2. The third-order valence-electron chi connectivity index (χ3n) is 4.93. The first kappa shape index (κ1) is 39.8. The van der Waals surface area contributed by atoms with Gasteiger partial charge in [-0.25, -0.2) is 0 Å². The predicted octanol–water partition coefficient (Wildman–Crippen LogP) is 5.93. The Balaban J connectivity index is 0. The summed E-state index contributed by atoms with van der Waals surface area (Å²) in [6.45, 7) is 27.6. The van der Waals surface area contributed by atoms with E-state index in [9.17, 15) is 0 Å². The first-order valence-corrected chi connectivity index (χ1v) is 14.6. The van der Waals surface area contributed by atoms with Gasteiger partial charge in [-0.1, -0.05) is 6.92 Å². The number of hydrogen-bond donors (Lipinski definition) is 0. The summed E-state index contributed by atoms with van der Waals surface area (Å²) in [5, 5.41) is 0. The second-order valence-corrected chi connectivity index (χ2v) is 11.2. The van der Waals surface area contributed by atoms with Crippen LogP contribution in [0.2, 0.25) is 0 Å². The van der Waals surface area contributed by atoms with Crippen LogP contribution in [-0.4, -0.2) is 103 Å². The zero-order chi connectivity index (χ0) is 29.4. The van der Waals surface area contributed by atoms with Gasteiger partial charge in [-0.05, 0) is 82.1 Å². The van der Waals surface area contributed by atoms with Crippen LogP contribution in [0.3, 0.4) is 0 Å². The maximum Gasteiger partial charge on any atom is 0.0783 e. The van der Waals surface area contributed by atoms with E-state index in [-0.39, 0.29) is 30.5 Å². The van der Waals surface area contributed by atoms with Crippen molar-refractivity contribution in [2.24, 2.45) is 5.41 Å². The molecule has 0 fully saturated rings. The van der Waals surface area contributed by atoms with Gasteiger partial charge in [0.1, 0.15) is 0 Å². The van der Waals surface area contributed by atoms with Crippen LogP contribution in [0.5, 0.6) is 0 Å². The molecule has 0 heterocycles. The fourth-order valence-corrected chi connectivity index (χ4v) is 3.57. The van der Waals surface area contributed by atoms with Crippen molar-refractivity contribution in [1.29, 1.82) is 0 Å². The van der Waals surface area contributed by atoms with Crippen molar-refractivity contribution in [1.82, 2.24) is 0 Å². The van der Waals surface area contributed by atoms with Crippen molar-refractivity contribution in [2.75, 3.05) is 66.6 Å². The van der Waals surface area contributed by atoms with Crippen LogP contribution in [0.25, 0.3) is 0 Å². The normalized spacial score (nSPS) is 15.2. The minimum atomic E-state index is -0.400. The topological polar surface area (TPSA) is 73.8 Å². The van der Waals surface area contributed by atoms with Gasteiger partial charge in [-0.2, -0.15) is 0 Å². The van der Waals surface area contributed by atoms with Gasteiger partial charge in [-0.3, -0.25) is 0 Å². The summed E-state index contributed by atoms with van der Waals surface area (Å²) in [6, 6.07) is 0. The Morgan fingerprint density at radius 3 is 1.34 bits per heavy atom. The zero-order valence-electron chi connectivity index (χ0n) is 27.0. The van der Waals surface area contributed by atoms with Gasteiger partial charge in [0.15, 0.2) is 0 Å². The van der Waals surface area contributed by atoms with E-state index in [4.69, 9.17) is 37.9 Å². The van der Waals surface area contributed by atoms with E-state index in [0.717, 1.165) is 19.4 Å². The average molecular weight is 553 g/mol. The Hall–Kier alpha value is -0.320. The molecule has 0 aromatic heterocycles. The van der Waals surface area contributed by atoms with Crippen molar-refractivity contribution in [2.45, 2.75) is 126 Å². The number of ether oxygens (including phenoxy) is 8. The minimum Gasteiger partial charge on any atom is -0.384 e. The van der Waals surface area contributed by atoms with Gasteiger partial charge in [0, 0.05) is 26.9 Å². The zero-order valence-corrected chi connectivity index (χ0v) is 27.0. The molecule has 0 saturated heterocycles. The molecule has 0 amide bonds. The molecule has 0 aromatic rings. The van der Waals surface area contributed by atoms with Crippen LogP contribution in [0.15, 0.2) is 0 Å². The molecular weight excluding hydrogens is 488 g/mol. The maximum atomic E-state index is 6.03. The van der Waals surface area contributed by atoms with Crippen LogP contribution in [-0.2, 0) is 37.9 Å². The molecule has 0 rings (SSSR count). The Morgan fingerprint density at radius 1 is 0.526 bits per heavy atom. The fraction of sp³-hybridized carbons (Fsp3) is 1.00. The standard InChI is InChI=1S/C24H50O7.C6H14O/c1-19(2)29-12-10-11-26-16-24(15-25-9,17-27-13-22(7)30-20(3)4)18-28-14-23(8)31-21(5)6;1-4-5-7-6(2)3/h19-23H,10-18H2,1-9H3;6H,4-5H2,1-3H3. The van der Waals surface area contributed by atoms with E-state index >= 15 is 0 Å². The van der Waals surface area contributed by atoms with Gasteiger partial charge < -0.3 is 37.9 Å². The smallest absolute Gasteiger partial charge is 0.0783 e. The highest BCUT2D eigenvalue weighted by Gasteiger charge is 2.32. The highest BCUT2D eigenvalue weighted by molar-refractivity contribution is 4.79. The SMILES string of the molecule is CCCOC(C)C.COCC(COCCCOC(C)C)(COCC(C)OC(C)C)COCC(C)OC(C)C. The molecule has 0 bridgehead atoms. The summed E-state index contributed by atoms with van der Waals surface area (Å²) in [7, 11) is 1.69. The van der Waals surface area contributed by atoms with Crippen molar-refractivity contribution >= 4 is 0 Å². The van der Waals surface area contributed by atoms with Gasteiger partial charge in [-0.15, -0.1) is 0 Å². The molecule has 8 nitrogen and oxygen atoms in total. The molecule has 0 aliphatic rings. The second kappa shape index (κ2) is 25.6. The van der Waals surface area contributed by atoms with Crippen molar-refractivity contribution < 1.29 is 37.9 Å². The summed E-state index contributed by atoms with van der Waals surface area (Å²) >= 11 is 0. The molecule has 0 radical (unpaired) electrons. The Bertz CT molecular complexity index is 463. The van der Waals surface area contributed by atoms with E-state index in [1.807, 2.05) is 55.4 Å². The third kappa shape index (κ3) is 27.3. The number of hydrogen-bond acceptors (Lipinski definition) is 8. The van der Waals surface area contributed by atoms with Crippen LogP contribution < -0.4 is 0 Å². The summed E-state index contributed by atoms with van der Waals surface area (Å²) < 4.78 is 45.9. The fourth-order valence-electron chi connectivity index (χ4n) is 3.57. The molecule has 38 heavy (non-hydrogen) atoms. The Kier molecular flexibility index (Phi) is 26.9. The molecule has 0 aromatic carbocycles. The molecule has 2 atom stereocenters. The number of rotatable bonds is 24. The van der Waals surface area contributed by atoms with Crippen molar-refractivity contribution in [3.05, 3.63) is 0 Å². The highest BCUT2D eigenvalue weighted by atomic mass is 16.6. The molecular formula is C30H64O8. The molecule has 0 N–H and O–H groups in total. The van der Waals surface area contributed by atoms with E-state index in [1.54, 1.807) is 7.11 Å². The first-order chi connectivity index (χ1) is 17.9. The minimum absolute atomic E-state index is 0.0229. The molecule has 8 heteroatoms. The van der Waals surface area contributed by atoms with Crippen LogP contribution in [0.1, 0.15) is 89.0 Å². The van der Waals surface area contributed by atoms with E-state index in [1.165, 1.54) is 0 Å². The molecule has 232 valence electrons. The molecule has 0 aliphatic carbocycles. The maximum absolute atomic E-state index is 6.03. The lowest BCUT2D eigenvalue weighted by Gasteiger charge is -2.33. The van der Waals surface area contributed by atoms with Gasteiger partial charge >= 0.3 is 0 Å².